The number of rotatable bonds is 11. The van der Waals surface area contributed by atoms with Crippen molar-refractivity contribution in [3.8, 4) is 17.2 Å². The van der Waals surface area contributed by atoms with E-state index < -0.39 is 5.60 Å². The number of imidazole rings is 1. The summed E-state index contributed by atoms with van der Waals surface area (Å²) in [6.07, 6.45) is 6.39. The second-order valence-electron chi connectivity index (χ2n) is 9.24. The molecular weight excluding hydrogens is 461 g/mol. The summed E-state index contributed by atoms with van der Waals surface area (Å²) < 4.78 is 39.4. The fraction of sp³-hybridized carbons (Fsp3) is 0.464. The predicted octanol–water partition coefficient (Wildman–Crippen LogP) is 4.87. The van der Waals surface area contributed by atoms with Crippen molar-refractivity contribution in [2.75, 3.05) is 40.5 Å². The molecule has 1 saturated heterocycles. The molecule has 3 aromatic rings. The molecule has 2 aromatic carbocycles. The Morgan fingerprint density at radius 2 is 1.86 bits per heavy atom. The summed E-state index contributed by atoms with van der Waals surface area (Å²) in [5, 5.41) is 0. The number of aromatic nitrogens is 2. The van der Waals surface area contributed by atoms with E-state index in [1.54, 1.807) is 38.6 Å². The van der Waals surface area contributed by atoms with Crippen LogP contribution in [0.4, 0.5) is 4.39 Å². The molecular formula is C28H36FN3O4. The Balaban J connectivity index is 1.32. The van der Waals surface area contributed by atoms with Gasteiger partial charge in [0.25, 0.3) is 0 Å². The van der Waals surface area contributed by atoms with Crippen LogP contribution in [0.2, 0.25) is 0 Å². The van der Waals surface area contributed by atoms with E-state index in [-0.39, 0.29) is 11.6 Å². The molecule has 8 heteroatoms. The summed E-state index contributed by atoms with van der Waals surface area (Å²) in [5.74, 6) is 2.35. The second-order valence-corrected chi connectivity index (χ2v) is 9.24. The molecule has 0 saturated carbocycles. The van der Waals surface area contributed by atoms with Crippen LogP contribution in [0.25, 0.3) is 0 Å². The molecule has 1 aromatic heterocycles. The van der Waals surface area contributed by atoms with E-state index >= 15 is 0 Å². The van der Waals surface area contributed by atoms with Crippen LogP contribution in [0, 0.1) is 12.7 Å². The van der Waals surface area contributed by atoms with Crippen LogP contribution in [0.3, 0.4) is 0 Å². The normalized spacial score (nSPS) is 18.6. The monoisotopic (exact) mass is 497 g/mol. The van der Waals surface area contributed by atoms with E-state index in [2.05, 4.69) is 20.5 Å². The minimum absolute atomic E-state index is 0.268. The van der Waals surface area contributed by atoms with Gasteiger partial charge in [0, 0.05) is 32.6 Å². The maximum Gasteiger partial charge on any atom is 0.165 e. The second kappa shape index (κ2) is 12.2. The van der Waals surface area contributed by atoms with E-state index in [0.717, 1.165) is 68.3 Å². The van der Waals surface area contributed by atoms with Gasteiger partial charge in [-0.25, -0.2) is 9.37 Å². The number of aryl methyl sites for hydroxylation is 1. The minimum atomic E-state index is -0.431. The number of hydrogen-bond donors (Lipinski definition) is 0. The summed E-state index contributed by atoms with van der Waals surface area (Å²) in [6, 6.07) is 12.6. The molecule has 0 spiro atoms. The number of halogens is 1. The molecule has 1 atom stereocenters. The fourth-order valence-electron chi connectivity index (χ4n) is 4.64. The van der Waals surface area contributed by atoms with Gasteiger partial charge < -0.3 is 23.5 Å². The van der Waals surface area contributed by atoms with Crippen molar-refractivity contribution in [1.82, 2.24) is 14.5 Å². The maximum absolute atomic E-state index is 14.0. The average Bonchev–Trinajstić information content (AvgIpc) is 3.19. The summed E-state index contributed by atoms with van der Waals surface area (Å²) >= 11 is 0. The number of para-hydroxylation sites is 1. The third-order valence-corrected chi connectivity index (χ3v) is 6.90. The van der Waals surface area contributed by atoms with Crippen LogP contribution in [0.1, 0.15) is 30.7 Å². The zero-order chi connectivity index (χ0) is 25.4. The highest BCUT2D eigenvalue weighted by Crippen LogP contribution is 2.31. The molecule has 36 heavy (non-hydrogen) atoms. The smallest absolute Gasteiger partial charge is 0.165 e. The fourth-order valence-corrected chi connectivity index (χ4v) is 4.64. The SMILES string of the molecule is COc1cc(CN2CCC[C@@](COc3ccccc3F)(OC)CC2)ccc1OCCn1ccnc1C. The Labute approximate surface area is 212 Å². The van der Waals surface area contributed by atoms with Gasteiger partial charge in [0.05, 0.1) is 13.7 Å². The first-order valence-corrected chi connectivity index (χ1v) is 12.4. The zero-order valence-corrected chi connectivity index (χ0v) is 21.4. The highest BCUT2D eigenvalue weighted by Gasteiger charge is 2.34. The van der Waals surface area contributed by atoms with E-state index in [9.17, 15) is 4.39 Å². The first-order chi connectivity index (χ1) is 17.5. The molecule has 4 rings (SSSR count). The van der Waals surface area contributed by atoms with Gasteiger partial charge in [-0.3, -0.25) is 4.90 Å². The summed E-state index contributed by atoms with van der Waals surface area (Å²) in [6.45, 7) is 6.19. The van der Waals surface area contributed by atoms with Crippen molar-refractivity contribution < 1.29 is 23.3 Å². The summed E-state index contributed by atoms with van der Waals surface area (Å²) in [7, 11) is 3.39. The Morgan fingerprint density at radius 1 is 1.00 bits per heavy atom. The van der Waals surface area contributed by atoms with Crippen LogP contribution in [0.15, 0.2) is 54.9 Å². The lowest BCUT2D eigenvalue weighted by Crippen LogP contribution is -2.39. The molecule has 2 heterocycles. The van der Waals surface area contributed by atoms with Crippen LogP contribution in [0.5, 0.6) is 17.2 Å². The van der Waals surface area contributed by atoms with Crippen molar-refractivity contribution in [1.29, 1.82) is 0 Å². The van der Waals surface area contributed by atoms with Crippen LogP contribution >= 0.6 is 0 Å². The van der Waals surface area contributed by atoms with E-state index in [1.807, 2.05) is 25.3 Å². The Hall–Kier alpha value is -3.10. The van der Waals surface area contributed by atoms with Crippen molar-refractivity contribution in [3.05, 3.63) is 72.1 Å². The number of ether oxygens (including phenoxy) is 4. The molecule has 0 bridgehead atoms. The van der Waals surface area contributed by atoms with Gasteiger partial charge in [-0.05, 0) is 62.6 Å². The third-order valence-electron chi connectivity index (χ3n) is 6.90. The molecule has 1 aliphatic rings. The topological polar surface area (TPSA) is 58.0 Å². The van der Waals surface area contributed by atoms with Gasteiger partial charge in [-0.1, -0.05) is 18.2 Å². The number of methoxy groups -OCH3 is 2. The van der Waals surface area contributed by atoms with E-state index in [4.69, 9.17) is 18.9 Å². The Kier molecular flexibility index (Phi) is 8.83. The highest BCUT2D eigenvalue weighted by atomic mass is 19.1. The first kappa shape index (κ1) is 26.0. The standard InChI is InChI=1S/C28H36FN3O4/c1-22-30-13-16-32(22)17-18-35-26-10-9-23(19-27(26)33-2)20-31-14-6-11-28(34-3,12-15-31)21-36-25-8-5-4-7-24(25)29/h4-5,7-10,13,16,19H,6,11-12,14-15,17-18,20-21H2,1-3H3/t28-/m1/s1. The van der Waals surface area contributed by atoms with Crippen LogP contribution < -0.4 is 14.2 Å². The van der Waals surface area contributed by atoms with Crippen LogP contribution in [-0.4, -0.2) is 60.6 Å². The molecule has 0 aliphatic carbocycles. The van der Waals surface area contributed by atoms with E-state index in [0.29, 0.717) is 13.2 Å². The zero-order valence-electron chi connectivity index (χ0n) is 21.4. The Morgan fingerprint density at radius 3 is 2.61 bits per heavy atom. The predicted molar refractivity (Wildman–Crippen MR) is 136 cm³/mol. The molecule has 1 fully saturated rings. The molecule has 0 N–H and O–H groups in total. The van der Waals surface area contributed by atoms with Gasteiger partial charge >= 0.3 is 0 Å². The van der Waals surface area contributed by atoms with Gasteiger partial charge in [-0.2, -0.15) is 0 Å². The summed E-state index contributed by atoms with van der Waals surface area (Å²) in [4.78, 5) is 6.66. The van der Waals surface area contributed by atoms with Crippen LogP contribution in [-0.2, 0) is 17.8 Å². The molecule has 1 aliphatic heterocycles. The average molecular weight is 498 g/mol. The van der Waals surface area contributed by atoms with Gasteiger partial charge in [-0.15, -0.1) is 0 Å². The summed E-state index contributed by atoms with van der Waals surface area (Å²) in [5.41, 5.74) is 0.734. The number of benzene rings is 2. The molecule has 0 unspecified atom stereocenters. The number of hydrogen-bond acceptors (Lipinski definition) is 6. The van der Waals surface area contributed by atoms with Crippen molar-refractivity contribution in [2.45, 2.75) is 44.9 Å². The lowest BCUT2D eigenvalue weighted by Gasteiger charge is -2.31. The third kappa shape index (κ3) is 6.56. The van der Waals surface area contributed by atoms with Crippen molar-refractivity contribution in [3.63, 3.8) is 0 Å². The molecule has 0 amide bonds. The molecule has 0 radical (unpaired) electrons. The lowest BCUT2D eigenvalue weighted by atomic mass is 9.95. The lowest BCUT2D eigenvalue weighted by molar-refractivity contribution is -0.0548. The molecule has 7 nitrogen and oxygen atoms in total. The van der Waals surface area contributed by atoms with E-state index in [1.165, 1.54) is 6.07 Å². The van der Waals surface area contributed by atoms with Gasteiger partial charge in [0.15, 0.2) is 23.1 Å². The maximum atomic E-state index is 14.0. The van der Waals surface area contributed by atoms with Crippen molar-refractivity contribution in [2.24, 2.45) is 0 Å². The first-order valence-electron chi connectivity index (χ1n) is 12.4. The highest BCUT2D eigenvalue weighted by molar-refractivity contribution is 5.43. The number of nitrogens with zero attached hydrogens (tertiary/aromatic N) is 3. The van der Waals surface area contributed by atoms with Gasteiger partial charge in [0.2, 0.25) is 0 Å². The number of likely N-dealkylation sites (tertiary alicyclic amines) is 1. The van der Waals surface area contributed by atoms with Crippen molar-refractivity contribution >= 4 is 0 Å². The quantitative estimate of drug-likeness (QED) is 0.377. The van der Waals surface area contributed by atoms with Gasteiger partial charge in [0.1, 0.15) is 24.6 Å². The minimum Gasteiger partial charge on any atom is -0.493 e. The Bertz CT molecular complexity index is 1120. The molecule has 194 valence electrons. The largest absolute Gasteiger partial charge is 0.493 e.